The molecule has 0 aliphatic heterocycles. The summed E-state index contributed by atoms with van der Waals surface area (Å²) < 4.78 is 76.2. The third-order valence-corrected chi connectivity index (χ3v) is 4.82. The van der Waals surface area contributed by atoms with E-state index in [1.54, 1.807) is 0 Å². The van der Waals surface area contributed by atoms with Crippen LogP contribution in [0.25, 0.3) is 0 Å². The maximum Gasteiger partial charge on any atom is 0.417 e. The highest BCUT2D eigenvalue weighted by Gasteiger charge is 2.39. The molecule has 0 aliphatic rings. The minimum absolute atomic E-state index is 0.129. The smallest absolute Gasteiger partial charge is 0.395 e. The molecule has 1 unspecified atom stereocenters. The molecule has 1 rings (SSSR count). The van der Waals surface area contributed by atoms with Crippen LogP contribution in [0.15, 0.2) is 23.1 Å². The molecule has 0 bridgehead atoms. The van der Waals surface area contributed by atoms with Gasteiger partial charge in [0, 0.05) is 13.1 Å². The largest absolute Gasteiger partial charge is 0.417 e. The van der Waals surface area contributed by atoms with Gasteiger partial charge < -0.3 is 5.11 Å². The average molecular weight is 315 g/mol. The molecule has 0 amide bonds. The Hall–Kier alpha value is -1.19. The molecule has 0 fully saturated rings. The van der Waals surface area contributed by atoms with Gasteiger partial charge in [-0.15, -0.1) is 0 Å². The number of halogens is 4. The van der Waals surface area contributed by atoms with E-state index in [1.807, 2.05) is 0 Å². The van der Waals surface area contributed by atoms with E-state index < -0.39 is 45.1 Å². The lowest BCUT2D eigenvalue weighted by molar-refractivity contribution is -0.140. The maximum atomic E-state index is 12.9. The van der Waals surface area contributed by atoms with Crippen LogP contribution in [0.2, 0.25) is 0 Å². The van der Waals surface area contributed by atoms with Gasteiger partial charge in [-0.3, -0.25) is 0 Å². The van der Waals surface area contributed by atoms with Gasteiger partial charge in [-0.05, 0) is 25.1 Å². The fraction of sp³-hybridized carbons (Fsp3) is 0.455. The van der Waals surface area contributed by atoms with Gasteiger partial charge in [0.15, 0.2) is 0 Å². The zero-order valence-electron chi connectivity index (χ0n) is 10.6. The Kier molecular flexibility index (Phi) is 4.78. The highest BCUT2D eigenvalue weighted by Crippen LogP contribution is 2.35. The van der Waals surface area contributed by atoms with Crippen LogP contribution >= 0.6 is 0 Å². The fourth-order valence-electron chi connectivity index (χ4n) is 1.46. The molecular weight excluding hydrogens is 302 g/mol. The van der Waals surface area contributed by atoms with E-state index in [9.17, 15) is 26.0 Å². The van der Waals surface area contributed by atoms with E-state index >= 15 is 0 Å². The summed E-state index contributed by atoms with van der Waals surface area (Å²) in [6.07, 6.45) is -5.01. The average Bonchev–Trinajstić information content (AvgIpc) is 2.35. The molecule has 0 saturated carbocycles. The van der Waals surface area contributed by atoms with E-state index in [1.165, 1.54) is 6.92 Å². The Morgan fingerprint density at radius 2 is 1.90 bits per heavy atom. The first-order valence-corrected chi connectivity index (χ1v) is 6.91. The number of benzene rings is 1. The number of hydrogen-bond acceptors (Lipinski definition) is 3. The highest BCUT2D eigenvalue weighted by molar-refractivity contribution is 7.89. The molecule has 0 spiro atoms. The predicted molar refractivity (Wildman–Crippen MR) is 62.9 cm³/mol. The number of aliphatic hydroxyl groups is 1. The fourth-order valence-corrected chi connectivity index (χ4v) is 3.00. The normalized spacial score (nSPS) is 14.6. The molecular formula is C11H13F4NO3S. The van der Waals surface area contributed by atoms with Crippen LogP contribution in [0, 0.1) is 5.82 Å². The van der Waals surface area contributed by atoms with Crippen LogP contribution < -0.4 is 0 Å². The summed E-state index contributed by atoms with van der Waals surface area (Å²) in [7, 11) is -3.45. The number of hydrogen-bond donors (Lipinski definition) is 1. The molecule has 0 radical (unpaired) electrons. The SMILES string of the molecule is CC(CO)N(C)S(=O)(=O)c1ccc(F)cc1C(F)(F)F. The summed E-state index contributed by atoms with van der Waals surface area (Å²) in [4.78, 5) is -1.05. The number of likely N-dealkylation sites (N-methyl/N-ethyl adjacent to an activating group) is 1. The van der Waals surface area contributed by atoms with Gasteiger partial charge in [-0.2, -0.15) is 17.5 Å². The van der Waals surface area contributed by atoms with E-state index in [0.717, 1.165) is 7.05 Å². The zero-order chi connectivity index (χ0) is 15.7. The van der Waals surface area contributed by atoms with Crippen LogP contribution in [0.3, 0.4) is 0 Å². The molecule has 0 saturated heterocycles. The van der Waals surface area contributed by atoms with E-state index in [2.05, 4.69) is 0 Å². The number of rotatable bonds is 4. The molecule has 114 valence electrons. The lowest BCUT2D eigenvalue weighted by Crippen LogP contribution is -2.38. The van der Waals surface area contributed by atoms with Crippen molar-refractivity contribution in [2.45, 2.75) is 24.0 Å². The highest BCUT2D eigenvalue weighted by atomic mass is 32.2. The van der Waals surface area contributed by atoms with Crippen LogP contribution in [0.1, 0.15) is 12.5 Å². The van der Waals surface area contributed by atoms with Crippen molar-refractivity contribution < 1.29 is 31.1 Å². The quantitative estimate of drug-likeness (QED) is 0.863. The second-order valence-electron chi connectivity index (χ2n) is 4.19. The number of aliphatic hydroxyl groups excluding tert-OH is 1. The molecule has 1 N–H and O–H groups in total. The number of sulfonamides is 1. The number of alkyl halides is 3. The molecule has 0 aromatic heterocycles. The summed E-state index contributed by atoms with van der Waals surface area (Å²) >= 11 is 0. The predicted octanol–water partition coefficient (Wildman–Crippen LogP) is 1.85. The summed E-state index contributed by atoms with van der Waals surface area (Å²) in [5.41, 5.74) is -1.57. The Morgan fingerprint density at radius 3 is 2.35 bits per heavy atom. The van der Waals surface area contributed by atoms with E-state index in [0.29, 0.717) is 16.4 Å². The topological polar surface area (TPSA) is 57.6 Å². The molecule has 4 nitrogen and oxygen atoms in total. The van der Waals surface area contributed by atoms with Crippen molar-refractivity contribution in [2.75, 3.05) is 13.7 Å². The molecule has 1 aromatic rings. The van der Waals surface area contributed by atoms with Crippen LogP contribution in [0.5, 0.6) is 0 Å². The van der Waals surface area contributed by atoms with Crippen molar-refractivity contribution in [1.82, 2.24) is 4.31 Å². The summed E-state index contributed by atoms with van der Waals surface area (Å²) in [6, 6.07) is 0.420. The van der Waals surface area contributed by atoms with E-state index in [4.69, 9.17) is 5.11 Å². The van der Waals surface area contributed by atoms with Crippen LogP contribution in [-0.2, 0) is 16.2 Å². The van der Waals surface area contributed by atoms with Gasteiger partial charge in [-0.1, -0.05) is 0 Å². The third-order valence-electron chi connectivity index (χ3n) is 2.79. The van der Waals surface area contributed by atoms with Gasteiger partial charge in [0.1, 0.15) is 5.82 Å². The summed E-state index contributed by atoms with van der Waals surface area (Å²) in [5.74, 6) is -1.19. The van der Waals surface area contributed by atoms with E-state index in [-0.39, 0.29) is 6.07 Å². The lowest BCUT2D eigenvalue weighted by atomic mass is 10.2. The molecule has 20 heavy (non-hydrogen) atoms. The summed E-state index contributed by atoms with van der Waals surface area (Å²) in [6.45, 7) is 0.770. The first kappa shape index (κ1) is 16.9. The van der Waals surface area contributed by atoms with Gasteiger partial charge in [0.2, 0.25) is 10.0 Å². The first-order chi connectivity index (χ1) is 9.01. The molecule has 1 aromatic carbocycles. The Labute approximate surface area is 113 Å². The van der Waals surface area contributed by atoms with Gasteiger partial charge in [0.25, 0.3) is 0 Å². The molecule has 9 heteroatoms. The van der Waals surface area contributed by atoms with Crippen molar-refractivity contribution in [2.24, 2.45) is 0 Å². The monoisotopic (exact) mass is 315 g/mol. The minimum Gasteiger partial charge on any atom is -0.395 e. The van der Waals surface area contributed by atoms with Crippen molar-refractivity contribution in [1.29, 1.82) is 0 Å². The van der Waals surface area contributed by atoms with Crippen molar-refractivity contribution >= 4 is 10.0 Å². The second kappa shape index (κ2) is 5.66. The first-order valence-electron chi connectivity index (χ1n) is 5.47. The Balaban J connectivity index is 3.47. The third kappa shape index (κ3) is 3.28. The van der Waals surface area contributed by atoms with Crippen molar-refractivity contribution in [3.05, 3.63) is 29.6 Å². The Morgan fingerprint density at radius 1 is 1.35 bits per heavy atom. The summed E-state index contributed by atoms with van der Waals surface area (Å²) in [5, 5.41) is 8.90. The van der Waals surface area contributed by atoms with Crippen LogP contribution in [-0.4, -0.2) is 37.5 Å². The molecule has 0 heterocycles. The standard InChI is InChI=1S/C11H13F4NO3S/c1-7(6-17)16(2)20(18,19)10-4-3-8(12)5-9(10)11(13,14)15/h3-5,7,17H,6H2,1-2H3. The molecule has 0 aliphatic carbocycles. The lowest BCUT2D eigenvalue weighted by Gasteiger charge is -2.24. The van der Waals surface area contributed by atoms with Crippen molar-refractivity contribution in [3.8, 4) is 0 Å². The Bertz CT molecular complexity index is 586. The van der Waals surface area contributed by atoms with Gasteiger partial charge >= 0.3 is 6.18 Å². The zero-order valence-corrected chi connectivity index (χ0v) is 11.5. The minimum atomic E-state index is -5.01. The maximum absolute atomic E-state index is 12.9. The number of nitrogens with zero attached hydrogens (tertiary/aromatic N) is 1. The van der Waals surface area contributed by atoms with Crippen LogP contribution in [0.4, 0.5) is 17.6 Å². The second-order valence-corrected chi connectivity index (χ2v) is 6.16. The van der Waals surface area contributed by atoms with Gasteiger partial charge in [-0.25, -0.2) is 12.8 Å². The molecule has 1 atom stereocenters. The van der Waals surface area contributed by atoms with Crippen molar-refractivity contribution in [3.63, 3.8) is 0 Å². The van der Waals surface area contributed by atoms with Gasteiger partial charge in [0.05, 0.1) is 17.1 Å².